The van der Waals surface area contributed by atoms with Crippen LogP contribution in [0.2, 0.25) is 0 Å². The first-order chi connectivity index (χ1) is 10.0. The summed E-state index contributed by atoms with van der Waals surface area (Å²) in [5.74, 6) is 0.193. The molecule has 0 spiro atoms. The van der Waals surface area contributed by atoms with E-state index in [1.54, 1.807) is 49.5 Å². The van der Waals surface area contributed by atoms with Gasteiger partial charge in [0.05, 0.1) is 0 Å². The van der Waals surface area contributed by atoms with Crippen molar-refractivity contribution < 1.29 is 10.2 Å². The standard InChI is InChI=1S/C16H17N3O2/c1-19-14(9-16(17)18)13-8-11(4-7-15(13)21)10-2-5-12(20)6-3-10/h2-9,19-21H,1H3,(H3,17,18)/b14-9-. The molecular formula is C16H17N3O2. The van der Waals surface area contributed by atoms with Gasteiger partial charge in [-0.3, -0.25) is 5.41 Å². The lowest BCUT2D eigenvalue weighted by atomic mass is 10.0. The van der Waals surface area contributed by atoms with Gasteiger partial charge in [0.2, 0.25) is 0 Å². The van der Waals surface area contributed by atoms with Crippen molar-refractivity contribution in [1.29, 1.82) is 5.41 Å². The maximum atomic E-state index is 10.0. The fourth-order valence-electron chi connectivity index (χ4n) is 2.03. The smallest absolute Gasteiger partial charge is 0.124 e. The zero-order valence-electron chi connectivity index (χ0n) is 11.6. The van der Waals surface area contributed by atoms with E-state index < -0.39 is 0 Å². The van der Waals surface area contributed by atoms with E-state index in [2.05, 4.69) is 5.32 Å². The largest absolute Gasteiger partial charge is 0.508 e. The van der Waals surface area contributed by atoms with Crippen molar-refractivity contribution in [2.45, 2.75) is 0 Å². The molecule has 0 heterocycles. The second-order valence-corrected chi connectivity index (χ2v) is 4.54. The van der Waals surface area contributed by atoms with Crippen LogP contribution in [0.3, 0.4) is 0 Å². The number of amidine groups is 1. The summed E-state index contributed by atoms with van der Waals surface area (Å²) in [5, 5.41) is 29.6. The third-order valence-electron chi connectivity index (χ3n) is 3.06. The maximum Gasteiger partial charge on any atom is 0.124 e. The highest BCUT2D eigenvalue weighted by Gasteiger charge is 2.09. The Morgan fingerprint density at radius 1 is 1.10 bits per heavy atom. The Balaban J connectivity index is 2.51. The highest BCUT2D eigenvalue weighted by Crippen LogP contribution is 2.30. The fourth-order valence-corrected chi connectivity index (χ4v) is 2.03. The van der Waals surface area contributed by atoms with Gasteiger partial charge in [0.1, 0.15) is 17.3 Å². The molecule has 108 valence electrons. The van der Waals surface area contributed by atoms with Crippen molar-refractivity contribution in [3.05, 3.63) is 54.1 Å². The molecule has 0 atom stereocenters. The highest BCUT2D eigenvalue weighted by molar-refractivity contribution is 5.96. The SMILES string of the molecule is CN/C(=C\C(=N)N)c1cc(-c2ccc(O)cc2)ccc1O. The predicted molar refractivity (Wildman–Crippen MR) is 84.2 cm³/mol. The van der Waals surface area contributed by atoms with Gasteiger partial charge < -0.3 is 21.3 Å². The number of nitrogens with two attached hydrogens (primary N) is 1. The fraction of sp³-hybridized carbons (Fsp3) is 0.0625. The molecule has 2 aromatic rings. The number of hydrogen-bond acceptors (Lipinski definition) is 4. The molecule has 0 aromatic heterocycles. The van der Waals surface area contributed by atoms with Crippen LogP contribution in [0.4, 0.5) is 0 Å². The number of nitrogens with one attached hydrogen (secondary N) is 2. The number of phenols is 2. The van der Waals surface area contributed by atoms with Gasteiger partial charge in [0.15, 0.2) is 0 Å². The minimum atomic E-state index is -0.103. The molecule has 6 N–H and O–H groups in total. The van der Waals surface area contributed by atoms with Gasteiger partial charge in [-0.15, -0.1) is 0 Å². The third kappa shape index (κ3) is 3.33. The Morgan fingerprint density at radius 2 is 1.71 bits per heavy atom. The topological polar surface area (TPSA) is 102 Å². The van der Waals surface area contributed by atoms with E-state index in [4.69, 9.17) is 11.1 Å². The van der Waals surface area contributed by atoms with Crippen molar-refractivity contribution in [3.63, 3.8) is 0 Å². The van der Waals surface area contributed by atoms with Crippen LogP contribution in [0.5, 0.6) is 11.5 Å². The van der Waals surface area contributed by atoms with Crippen molar-refractivity contribution in [2.75, 3.05) is 7.05 Å². The minimum absolute atomic E-state index is 0.0966. The molecule has 2 rings (SSSR count). The Bertz CT molecular complexity index is 691. The predicted octanol–water partition coefficient (Wildman–Crippen LogP) is 2.26. The lowest BCUT2D eigenvalue weighted by Gasteiger charge is -2.11. The molecule has 0 fully saturated rings. The minimum Gasteiger partial charge on any atom is -0.508 e. The van der Waals surface area contributed by atoms with Crippen LogP contribution in [0.15, 0.2) is 48.5 Å². The molecule has 0 aliphatic carbocycles. The molecule has 21 heavy (non-hydrogen) atoms. The number of rotatable bonds is 4. The zero-order valence-corrected chi connectivity index (χ0v) is 11.6. The lowest BCUT2D eigenvalue weighted by Crippen LogP contribution is -2.12. The van der Waals surface area contributed by atoms with Gasteiger partial charge in [-0.05, 0) is 35.4 Å². The monoisotopic (exact) mass is 283 g/mol. The van der Waals surface area contributed by atoms with Crippen molar-refractivity contribution in [1.82, 2.24) is 5.32 Å². The van der Waals surface area contributed by atoms with Crippen molar-refractivity contribution >= 4 is 11.5 Å². The summed E-state index contributed by atoms with van der Waals surface area (Å²) in [6, 6.07) is 12.0. The summed E-state index contributed by atoms with van der Waals surface area (Å²) in [7, 11) is 1.70. The van der Waals surface area contributed by atoms with E-state index in [1.807, 2.05) is 0 Å². The molecule has 2 aromatic carbocycles. The summed E-state index contributed by atoms with van der Waals surface area (Å²) in [6.45, 7) is 0. The number of hydrogen-bond donors (Lipinski definition) is 5. The summed E-state index contributed by atoms with van der Waals surface area (Å²) >= 11 is 0. The quantitative estimate of drug-likeness (QED) is 0.438. The second kappa shape index (κ2) is 6.00. The first-order valence-electron chi connectivity index (χ1n) is 6.37. The van der Waals surface area contributed by atoms with Gasteiger partial charge >= 0.3 is 0 Å². The van der Waals surface area contributed by atoms with Crippen LogP contribution in [0.25, 0.3) is 16.8 Å². The maximum absolute atomic E-state index is 10.0. The van der Waals surface area contributed by atoms with Crippen molar-refractivity contribution in [3.8, 4) is 22.6 Å². The number of phenolic OH excluding ortho intramolecular Hbond substituents is 2. The molecule has 0 aliphatic heterocycles. The normalized spacial score (nSPS) is 11.2. The van der Waals surface area contributed by atoms with Gasteiger partial charge in [-0.1, -0.05) is 18.2 Å². The van der Waals surface area contributed by atoms with Crippen LogP contribution in [-0.2, 0) is 0 Å². The average Bonchev–Trinajstić information content (AvgIpc) is 2.46. The molecule has 0 saturated carbocycles. The molecule has 0 aliphatic rings. The third-order valence-corrected chi connectivity index (χ3v) is 3.06. The number of aromatic hydroxyl groups is 2. The van der Waals surface area contributed by atoms with Crippen LogP contribution >= 0.6 is 0 Å². The molecule has 5 heteroatoms. The lowest BCUT2D eigenvalue weighted by molar-refractivity contribution is 0.473. The average molecular weight is 283 g/mol. The summed E-state index contributed by atoms with van der Waals surface area (Å²) < 4.78 is 0. The molecular weight excluding hydrogens is 266 g/mol. The van der Waals surface area contributed by atoms with Crippen molar-refractivity contribution in [2.24, 2.45) is 5.73 Å². The van der Waals surface area contributed by atoms with E-state index in [0.717, 1.165) is 11.1 Å². The summed E-state index contributed by atoms with van der Waals surface area (Å²) in [6.07, 6.45) is 1.44. The second-order valence-electron chi connectivity index (χ2n) is 4.54. The number of benzene rings is 2. The van der Waals surface area contributed by atoms with Gasteiger partial charge in [-0.25, -0.2) is 0 Å². The van der Waals surface area contributed by atoms with Gasteiger partial charge in [0, 0.05) is 24.4 Å². The Morgan fingerprint density at radius 3 is 2.29 bits per heavy atom. The Hall–Kier alpha value is -2.95. The van der Waals surface area contributed by atoms with Gasteiger partial charge in [-0.2, -0.15) is 0 Å². The van der Waals surface area contributed by atoms with Crippen LogP contribution < -0.4 is 11.1 Å². The Labute approximate surface area is 122 Å². The first kappa shape index (κ1) is 14.5. The van der Waals surface area contributed by atoms with E-state index in [0.29, 0.717) is 11.3 Å². The van der Waals surface area contributed by atoms with E-state index in [1.165, 1.54) is 6.08 Å². The zero-order chi connectivity index (χ0) is 15.4. The van der Waals surface area contributed by atoms with Crippen LogP contribution in [-0.4, -0.2) is 23.1 Å². The molecule has 0 unspecified atom stereocenters. The Kier molecular flexibility index (Phi) is 4.13. The molecule has 0 radical (unpaired) electrons. The van der Waals surface area contributed by atoms with Crippen LogP contribution in [0.1, 0.15) is 5.56 Å². The summed E-state index contributed by atoms with van der Waals surface area (Å²) in [4.78, 5) is 0. The molecule has 0 bridgehead atoms. The molecule has 5 nitrogen and oxygen atoms in total. The molecule has 0 saturated heterocycles. The highest BCUT2D eigenvalue weighted by atomic mass is 16.3. The van der Waals surface area contributed by atoms with Crippen LogP contribution in [0, 0.1) is 5.41 Å². The first-order valence-corrected chi connectivity index (χ1v) is 6.37. The summed E-state index contributed by atoms with van der Waals surface area (Å²) in [5.41, 5.74) is 8.28. The van der Waals surface area contributed by atoms with E-state index >= 15 is 0 Å². The van der Waals surface area contributed by atoms with E-state index in [9.17, 15) is 10.2 Å². The molecule has 0 amide bonds. The van der Waals surface area contributed by atoms with Gasteiger partial charge in [0.25, 0.3) is 0 Å². The van der Waals surface area contributed by atoms with E-state index in [-0.39, 0.29) is 17.3 Å².